The van der Waals surface area contributed by atoms with Crippen LogP contribution in [0.4, 0.5) is 5.69 Å². The van der Waals surface area contributed by atoms with Gasteiger partial charge in [-0.1, -0.05) is 11.6 Å². The number of amides is 1. The van der Waals surface area contributed by atoms with Crippen LogP contribution in [0.15, 0.2) is 12.1 Å². The third kappa shape index (κ3) is 5.48. The van der Waals surface area contributed by atoms with Crippen molar-refractivity contribution in [2.45, 2.75) is 13.8 Å². The standard InChI is InChI=1S/C15H24ClN3O2.HI/c1-5-19(3,6-2)8-7-18-15(20)11-9-12(16)13(17)10-14(11)21-4;/h9-10H,5-8H2,1-4H3,(H2-,17,18,20);1H. The summed E-state index contributed by atoms with van der Waals surface area (Å²) < 4.78 is 6.11. The molecule has 0 aromatic heterocycles. The highest BCUT2D eigenvalue weighted by Gasteiger charge is 2.18. The molecule has 0 spiro atoms. The van der Waals surface area contributed by atoms with Crippen molar-refractivity contribution in [3.63, 3.8) is 0 Å². The van der Waals surface area contributed by atoms with E-state index in [0.29, 0.717) is 28.6 Å². The smallest absolute Gasteiger partial charge is 0.255 e. The van der Waals surface area contributed by atoms with Crippen LogP contribution in [0, 0.1) is 0 Å². The number of halogens is 2. The van der Waals surface area contributed by atoms with Crippen molar-refractivity contribution in [3.05, 3.63) is 22.7 Å². The molecule has 22 heavy (non-hydrogen) atoms. The lowest BCUT2D eigenvalue weighted by Crippen LogP contribution is -3.00. The molecule has 7 heteroatoms. The molecule has 0 aliphatic rings. The van der Waals surface area contributed by atoms with Crippen molar-refractivity contribution in [2.24, 2.45) is 0 Å². The molecule has 0 atom stereocenters. The fourth-order valence-electron chi connectivity index (χ4n) is 1.99. The van der Waals surface area contributed by atoms with Crippen molar-refractivity contribution in [3.8, 4) is 5.75 Å². The number of likely N-dealkylation sites (N-methyl/N-ethyl adjacent to an activating group) is 1. The van der Waals surface area contributed by atoms with Crippen LogP contribution in [0.2, 0.25) is 5.02 Å². The minimum atomic E-state index is -0.201. The summed E-state index contributed by atoms with van der Waals surface area (Å²) in [7, 11) is 3.68. The van der Waals surface area contributed by atoms with Crippen LogP contribution >= 0.6 is 11.6 Å². The molecule has 0 aliphatic carbocycles. The summed E-state index contributed by atoms with van der Waals surface area (Å²) in [4.78, 5) is 12.3. The van der Waals surface area contributed by atoms with Crippen molar-refractivity contribution >= 4 is 23.2 Å². The molecule has 0 bridgehead atoms. The van der Waals surface area contributed by atoms with Gasteiger partial charge in [-0.25, -0.2) is 0 Å². The van der Waals surface area contributed by atoms with E-state index in [2.05, 4.69) is 26.2 Å². The van der Waals surface area contributed by atoms with Gasteiger partial charge in [-0.3, -0.25) is 4.79 Å². The first kappa shape index (κ1) is 21.3. The van der Waals surface area contributed by atoms with Crippen LogP contribution < -0.4 is 39.8 Å². The molecule has 0 saturated carbocycles. The van der Waals surface area contributed by atoms with Gasteiger partial charge in [-0.05, 0) is 19.9 Å². The Morgan fingerprint density at radius 2 is 1.95 bits per heavy atom. The van der Waals surface area contributed by atoms with Crippen molar-refractivity contribution in [1.29, 1.82) is 0 Å². The summed E-state index contributed by atoms with van der Waals surface area (Å²) in [5.41, 5.74) is 6.51. The first-order valence-corrected chi connectivity index (χ1v) is 7.49. The maximum atomic E-state index is 12.3. The van der Waals surface area contributed by atoms with Gasteiger partial charge in [0.2, 0.25) is 0 Å². The van der Waals surface area contributed by atoms with E-state index in [1.165, 1.54) is 7.11 Å². The van der Waals surface area contributed by atoms with Crippen LogP contribution in [0.1, 0.15) is 24.2 Å². The van der Waals surface area contributed by atoms with Crippen LogP contribution in [0.25, 0.3) is 0 Å². The Morgan fingerprint density at radius 3 is 2.45 bits per heavy atom. The van der Waals surface area contributed by atoms with Gasteiger partial charge in [-0.2, -0.15) is 0 Å². The minimum Gasteiger partial charge on any atom is -1.00 e. The molecule has 0 saturated heterocycles. The number of benzene rings is 1. The highest BCUT2D eigenvalue weighted by molar-refractivity contribution is 6.33. The predicted molar refractivity (Wildman–Crippen MR) is 86.9 cm³/mol. The van der Waals surface area contributed by atoms with E-state index >= 15 is 0 Å². The Balaban J connectivity index is 0.00000441. The minimum absolute atomic E-state index is 0. The average Bonchev–Trinajstić information content (AvgIpc) is 2.49. The molecule has 1 aromatic rings. The summed E-state index contributed by atoms with van der Waals surface area (Å²) in [6.07, 6.45) is 0. The number of nitrogens with one attached hydrogen (secondary N) is 1. The number of hydrogen-bond acceptors (Lipinski definition) is 3. The second-order valence-corrected chi connectivity index (χ2v) is 5.71. The number of anilines is 1. The Kier molecular flexibility index (Phi) is 9.11. The zero-order valence-electron chi connectivity index (χ0n) is 13.6. The molecule has 1 rings (SSSR count). The van der Waals surface area contributed by atoms with Gasteiger partial charge in [0.05, 0.1) is 56.6 Å². The Morgan fingerprint density at radius 1 is 1.36 bits per heavy atom. The second kappa shape index (κ2) is 9.42. The number of nitrogens with zero attached hydrogens (tertiary/aromatic N) is 1. The largest absolute Gasteiger partial charge is 1.00 e. The van der Waals surface area contributed by atoms with Crippen molar-refractivity contribution in [2.75, 3.05) is 46.1 Å². The van der Waals surface area contributed by atoms with E-state index in [1.54, 1.807) is 12.1 Å². The second-order valence-electron chi connectivity index (χ2n) is 5.31. The molecule has 0 aliphatic heterocycles. The molecular weight excluding hydrogens is 417 g/mol. The highest BCUT2D eigenvalue weighted by atomic mass is 127. The maximum absolute atomic E-state index is 12.3. The predicted octanol–water partition coefficient (Wildman–Crippen LogP) is -0.849. The Labute approximate surface area is 154 Å². The lowest BCUT2D eigenvalue weighted by Gasteiger charge is -2.32. The number of quaternary nitrogens is 1. The molecule has 0 fully saturated rings. The van der Waals surface area contributed by atoms with Crippen molar-refractivity contribution in [1.82, 2.24) is 5.32 Å². The fraction of sp³-hybridized carbons (Fsp3) is 0.533. The average molecular weight is 442 g/mol. The van der Waals surface area contributed by atoms with Gasteiger partial charge < -0.3 is 44.2 Å². The normalized spacial score (nSPS) is 10.8. The van der Waals surface area contributed by atoms with Crippen molar-refractivity contribution < 1.29 is 38.0 Å². The SMILES string of the molecule is CC[N+](C)(CC)CCNC(=O)c1cc(Cl)c(N)cc1OC.[I-]. The number of ether oxygens (including phenoxy) is 1. The van der Waals surface area contributed by atoms with Crippen LogP contribution in [-0.2, 0) is 0 Å². The van der Waals surface area contributed by atoms with Gasteiger partial charge in [0.1, 0.15) is 5.75 Å². The molecule has 1 aromatic carbocycles. The van der Waals surface area contributed by atoms with E-state index in [1.807, 2.05) is 0 Å². The Bertz CT molecular complexity index is 508. The quantitative estimate of drug-likeness (QED) is 0.329. The number of nitrogens with two attached hydrogens (primary N) is 1. The third-order valence-corrected chi connectivity index (χ3v) is 4.35. The molecule has 0 heterocycles. The third-order valence-electron chi connectivity index (χ3n) is 4.03. The fourth-order valence-corrected chi connectivity index (χ4v) is 2.15. The Hall–Kier alpha value is -0.730. The number of rotatable bonds is 7. The topological polar surface area (TPSA) is 64.4 Å². The van der Waals surface area contributed by atoms with Crippen LogP contribution in [-0.4, -0.2) is 50.7 Å². The molecule has 0 unspecified atom stereocenters. The number of hydrogen-bond donors (Lipinski definition) is 2. The van der Waals surface area contributed by atoms with E-state index < -0.39 is 0 Å². The maximum Gasteiger partial charge on any atom is 0.255 e. The number of carbonyl (C=O) groups excluding carboxylic acids is 1. The first-order chi connectivity index (χ1) is 9.86. The van der Waals surface area contributed by atoms with E-state index in [9.17, 15) is 4.79 Å². The molecule has 126 valence electrons. The van der Waals surface area contributed by atoms with Gasteiger partial charge in [0, 0.05) is 6.07 Å². The summed E-state index contributed by atoms with van der Waals surface area (Å²) in [5, 5.41) is 3.26. The monoisotopic (exact) mass is 441 g/mol. The summed E-state index contributed by atoms with van der Waals surface area (Å²) in [6, 6.07) is 3.11. The molecule has 0 radical (unpaired) electrons. The van der Waals surface area contributed by atoms with Gasteiger partial charge in [-0.15, -0.1) is 0 Å². The lowest BCUT2D eigenvalue weighted by atomic mass is 10.1. The number of carbonyl (C=O) groups is 1. The van der Waals surface area contributed by atoms with E-state index in [4.69, 9.17) is 22.1 Å². The van der Waals surface area contributed by atoms with Crippen LogP contribution in [0.3, 0.4) is 0 Å². The molecule has 1 amide bonds. The highest BCUT2D eigenvalue weighted by Crippen LogP contribution is 2.28. The summed E-state index contributed by atoms with van der Waals surface area (Å²) >= 11 is 5.97. The zero-order chi connectivity index (χ0) is 16.0. The zero-order valence-corrected chi connectivity index (χ0v) is 16.5. The number of methoxy groups -OCH3 is 1. The molecule has 3 N–H and O–H groups in total. The van der Waals surface area contributed by atoms with E-state index in [0.717, 1.165) is 24.1 Å². The van der Waals surface area contributed by atoms with Crippen LogP contribution in [0.5, 0.6) is 5.75 Å². The summed E-state index contributed by atoms with van der Waals surface area (Å²) in [5.74, 6) is 0.227. The van der Waals surface area contributed by atoms with E-state index in [-0.39, 0.29) is 29.9 Å². The van der Waals surface area contributed by atoms with Gasteiger partial charge in [0.15, 0.2) is 0 Å². The molecule has 5 nitrogen and oxygen atoms in total. The van der Waals surface area contributed by atoms with Gasteiger partial charge >= 0.3 is 0 Å². The van der Waals surface area contributed by atoms with Gasteiger partial charge in [0.25, 0.3) is 5.91 Å². The summed E-state index contributed by atoms with van der Waals surface area (Å²) in [6.45, 7) is 7.83. The lowest BCUT2D eigenvalue weighted by molar-refractivity contribution is -0.904. The number of nitrogen functional groups attached to an aromatic ring is 1. The molecular formula is C15H25ClIN3O2. The first-order valence-electron chi connectivity index (χ1n) is 7.11.